The van der Waals surface area contributed by atoms with E-state index in [-0.39, 0.29) is 0 Å². The molecular weight excluding hydrogens is 274 g/mol. The molecule has 1 unspecified atom stereocenters. The molecule has 0 aliphatic carbocycles. The average molecular weight is 294 g/mol. The Hall–Kier alpha value is -1.52. The molecule has 0 bridgehead atoms. The molecule has 4 nitrogen and oxygen atoms in total. The first kappa shape index (κ1) is 14.9. The van der Waals surface area contributed by atoms with Crippen molar-refractivity contribution < 1.29 is 4.74 Å². The number of rotatable bonds is 6. The first-order valence-electron chi connectivity index (χ1n) is 6.79. The molecule has 1 aromatic heterocycles. The summed E-state index contributed by atoms with van der Waals surface area (Å²) in [5.74, 6) is 0.727. The molecule has 0 aliphatic rings. The normalized spacial score (nSPS) is 12.4. The van der Waals surface area contributed by atoms with Gasteiger partial charge in [0.15, 0.2) is 0 Å². The largest absolute Gasteiger partial charge is 0.487 e. The molecule has 1 aromatic carbocycles. The minimum absolute atomic E-state index is 0.405. The molecule has 0 radical (unpaired) electrons. The monoisotopic (exact) mass is 293 g/mol. The number of ether oxygens (including phenoxy) is 1. The molecule has 0 fully saturated rings. The molecule has 0 saturated carbocycles. The summed E-state index contributed by atoms with van der Waals surface area (Å²) in [7, 11) is 0. The van der Waals surface area contributed by atoms with Crippen LogP contribution >= 0.6 is 11.6 Å². The Bertz CT molecular complexity index is 568. The molecule has 2 rings (SSSR count). The number of benzene rings is 1. The van der Waals surface area contributed by atoms with E-state index in [2.05, 4.69) is 18.9 Å². The topological polar surface area (TPSA) is 53.1 Å². The number of halogens is 1. The predicted molar refractivity (Wildman–Crippen MR) is 80.9 cm³/mol. The molecule has 2 N–H and O–H groups in total. The maximum atomic E-state index is 6.10. The van der Waals surface area contributed by atoms with E-state index in [1.54, 1.807) is 6.07 Å². The fourth-order valence-electron chi connectivity index (χ4n) is 1.83. The first-order valence-corrected chi connectivity index (χ1v) is 7.17. The van der Waals surface area contributed by atoms with Crippen LogP contribution in [0.1, 0.15) is 37.6 Å². The van der Waals surface area contributed by atoms with Crippen LogP contribution in [0.25, 0.3) is 0 Å². The second-order valence-electron chi connectivity index (χ2n) is 4.79. The second-order valence-corrected chi connectivity index (χ2v) is 5.20. The number of hydrogen-bond acceptors (Lipinski definition) is 3. The lowest BCUT2D eigenvalue weighted by atomic mass is 10.2. The molecule has 0 aliphatic heterocycles. The van der Waals surface area contributed by atoms with Gasteiger partial charge in [-0.05, 0) is 37.1 Å². The summed E-state index contributed by atoms with van der Waals surface area (Å²) in [5, 5.41) is 5.13. The van der Waals surface area contributed by atoms with Crippen LogP contribution in [0, 0.1) is 0 Å². The van der Waals surface area contributed by atoms with Crippen LogP contribution in [0.4, 0.5) is 0 Å². The summed E-state index contributed by atoms with van der Waals surface area (Å²) in [6.45, 7) is 5.15. The Morgan fingerprint density at radius 2 is 2.20 bits per heavy atom. The zero-order chi connectivity index (χ0) is 14.5. The molecule has 0 amide bonds. The average Bonchev–Trinajstić information content (AvgIpc) is 2.93. The van der Waals surface area contributed by atoms with Gasteiger partial charge in [-0.3, -0.25) is 4.68 Å². The number of aromatic nitrogens is 2. The van der Waals surface area contributed by atoms with Crippen LogP contribution in [0.2, 0.25) is 5.02 Å². The van der Waals surface area contributed by atoms with Crippen molar-refractivity contribution in [1.82, 2.24) is 9.78 Å². The van der Waals surface area contributed by atoms with Crippen molar-refractivity contribution in [3.8, 4) is 5.75 Å². The first-order chi connectivity index (χ1) is 9.63. The summed E-state index contributed by atoms with van der Waals surface area (Å²) in [6, 6.07) is 7.93. The van der Waals surface area contributed by atoms with Crippen LogP contribution in [0.15, 0.2) is 30.5 Å². The highest BCUT2D eigenvalue weighted by Crippen LogP contribution is 2.23. The van der Waals surface area contributed by atoms with Gasteiger partial charge in [0, 0.05) is 23.8 Å². The molecule has 5 heteroatoms. The highest BCUT2D eigenvalue weighted by atomic mass is 35.5. The van der Waals surface area contributed by atoms with Gasteiger partial charge in [0.1, 0.15) is 12.4 Å². The maximum Gasteiger partial charge on any atom is 0.132 e. The zero-order valence-corrected chi connectivity index (χ0v) is 12.6. The highest BCUT2D eigenvalue weighted by Gasteiger charge is 2.06. The van der Waals surface area contributed by atoms with Crippen LogP contribution < -0.4 is 10.5 Å². The molecule has 20 heavy (non-hydrogen) atoms. The van der Waals surface area contributed by atoms with E-state index in [0.29, 0.717) is 24.2 Å². The molecule has 1 atom stereocenters. The van der Waals surface area contributed by atoms with Crippen molar-refractivity contribution in [3.05, 3.63) is 46.7 Å². The number of hydrogen-bond donors (Lipinski definition) is 1. The lowest BCUT2D eigenvalue weighted by Gasteiger charge is -2.09. The standard InChI is InChI=1S/C15H20ClN3O/c1-3-11(2)19-7-6-13(18-19)10-20-14-5-4-12(9-17)15(16)8-14/h4-8,11H,3,9-10,17H2,1-2H3. The van der Waals surface area contributed by atoms with E-state index in [4.69, 9.17) is 22.1 Å². The van der Waals surface area contributed by atoms with Crippen LogP contribution in [0.3, 0.4) is 0 Å². The highest BCUT2D eigenvalue weighted by molar-refractivity contribution is 6.31. The van der Waals surface area contributed by atoms with Gasteiger partial charge in [-0.25, -0.2) is 0 Å². The Kier molecular flexibility index (Phi) is 5.04. The van der Waals surface area contributed by atoms with Crippen molar-refractivity contribution in [2.45, 2.75) is 39.5 Å². The van der Waals surface area contributed by atoms with Crippen molar-refractivity contribution in [3.63, 3.8) is 0 Å². The van der Waals surface area contributed by atoms with Gasteiger partial charge in [0.25, 0.3) is 0 Å². The fraction of sp³-hybridized carbons (Fsp3) is 0.400. The van der Waals surface area contributed by atoms with E-state index in [1.165, 1.54) is 0 Å². The lowest BCUT2D eigenvalue weighted by molar-refractivity contribution is 0.298. The lowest BCUT2D eigenvalue weighted by Crippen LogP contribution is -2.05. The van der Waals surface area contributed by atoms with Gasteiger partial charge in [0.05, 0.1) is 5.69 Å². The third kappa shape index (κ3) is 3.52. The van der Waals surface area contributed by atoms with Crippen LogP contribution in [-0.4, -0.2) is 9.78 Å². The Morgan fingerprint density at radius 3 is 2.85 bits per heavy atom. The van der Waals surface area contributed by atoms with E-state index < -0.39 is 0 Å². The van der Waals surface area contributed by atoms with E-state index >= 15 is 0 Å². The number of nitrogens with zero attached hydrogens (tertiary/aromatic N) is 2. The summed E-state index contributed by atoms with van der Waals surface area (Å²) in [5.41, 5.74) is 7.40. The SMILES string of the molecule is CCC(C)n1ccc(COc2ccc(CN)c(Cl)c2)n1. The molecule has 2 aromatic rings. The van der Waals surface area contributed by atoms with Crippen molar-refractivity contribution in [2.75, 3.05) is 0 Å². The molecule has 108 valence electrons. The van der Waals surface area contributed by atoms with Crippen LogP contribution in [-0.2, 0) is 13.2 Å². The van der Waals surface area contributed by atoms with Crippen molar-refractivity contribution in [1.29, 1.82) is 0 Å². The second kappa shape index (κ2) is 6.77. The third-order valence-corrected chi connectivity index (χ3v) is 3.69. The van der Waals surface area contributed by atoms with Gasteiger partial charge < -0.3 is 10.5 Å². The Labute approximate surface area is 124 Å². The van der Waals surface area contributed by atoms with Gasteiger partial charge in [-0.1, -0.05) is 24.6 Å². The van der Waals surface area contributed by atoms with Gasteiger partial charge in [0.2, 0.25) is 0 Å². The van der Waals surface area contributed by atoms with E-state index in [0.717, 1.165) is 23.4 Å². The summed E-state index contributed by atoms with van der Waals surface area (Å²) < 4.78 is 7.66. The van der Waals surface area contributed by atoms with E-state index in [1.807, 2.05) is 29.1 Å². The maximum absolute atomic E-state index is 6.10. The third-order valence-electron chi connectivity index (χ3n) is 3.34. The minimum Gasteiger partial charge on any atom is -0.487 e. The van der Waals surface area contributed by atoms with Crippen LogP contribution in [0.5, 0.6) is 5.75 Å². The predicted octanol–water partition coefficient (Wildman–Crippen LogP) is 3.55. The Balaban J connectivity index is 1.98. The molecule has 0 spiro atoms. The molecular formula is C15H20ClN3O. The summed E-state index contributed by atoms with van der Waals surface area (Å²) in [4.78, 5) is 0. The molecule has 1 heterocycles. The quantitative estimate of drug-likeness (QED) is 0.886. The number of nitrogens with two attached hydrogens (primary N) is 1. The van der Waals surface area contributed by atoms with Gasteiger partial charge >= 0.3 is 0 Å². The van der Waals surface area contributed by atoms with E-state index in [9.17, 15) is 0 Å². The minimum atomic E-state index is 0.405. The zero-order valence-electron chi connectivity index (χ0n) is 11.8. The van der Waals surface area contributed by atoms with Crippen molar-refractivity contribution >= 4 is 11.6 Å². The molecule has 0 saturated heterocycles. The smallest absolute Gasteiger partial charge is 0.132 e. The van der Waals surface area contributed by atoms with Gasteiger partial charge in [-0.15, -0.1) is 0 Å². The Morgan fingerprint density at radius 1 is 1.40 bits per heavy atom. The van der Waals surface area contributed by atoms with Gasteiger partial charge in [-0.2, -0.15) is 5.10 Å². The summed E-state index contributed by atoms with van der Waals surface area (Å²) in [6.07, 6.45) is 3.04. The summed E-state index contributed by atoms with van der Waals surface area (Å²) >= 11 is 6.10. The van der Waals surface area contributed by atoms with Crippen molar-refractivity contribution in [2.24, 2.45) is 5.73 Å². The fourth-order valence-corrected chi connectivity index (χ4v) is 2.08.